The van der Waals surface area contributed by atoms with Gasteiger partial charge in [-0.15, -0.1) is 0 Å². The smallest absolute Gasteiger partial charge is 0.307 e. The van der Waals surface area contributed by atoms with Gasteiger partial charge in [0.15, 0.2) is 0 Å². The summed E-state index contributed by atoms with van der Waals surface area (Å²) < 4.78 is 5.24. The van der Waals surface area contributed by atoms with Crippen LogP contribution < -0.4 is 0 Å². The van der Waals surface area contributed by atoms with E-state index in [1.807, 2.05) is 6.92 Å². The van der Waals surface area contributed by atoms with Crippen LogP contribution in [0, 0.1) is 0 Å². The van der Waals surface area contributed by atoms with Gasteiger partial charge in [0.05, 0.1) is 6.42 Å². The summed E-state index contributed by atoms with van der Waals surface area (Å²) in [6.45, 7) is 4.13. The van der Waals surface area contributed by atoms with Crippen LogP contribution in [0.5, 0.6) is 0 Å². The fourth-order valence-electron chi connectivity index (χ4n) is 4.59. The first-order valence-electron chi connectivity index (χ1n) is 15.0. The van der Waals surface area contributed by atoms with Gasteiger partial charge in [0.25, 0.3) is 0 Å². The second kappa shape index (κ2) is 26.5. The van der Waals surface area contributed by atoms with Crippen molar-refractivity contribution in [2.45, 2.75) is 180 Å². The molecular weight excluding hydrogens is 424 g/mol. The Morgan fingerprint density at radius 1 is 0.559 bits per heavy atom. The van der Waals surface area contributed by atoms with Crippen LogP contribution in [0.1, 0.15) is 174 Å². The van der Waals surface area contributed by atoms with E-state index in [4.69, 9.17) is 9.84 Å². The minimum Gasteiger partial charge on any atom is -0.481 e. The van der Waals surface area contributed by atoms with Crippen molar-refractivity contribution in [2.75, 3.05) is 0 Å². The molecule has 0 aromatic rings. The molecule has 202 valence electrons. The summed E-state index contributed by atoms with van der Waals surface area (Å²) >= 11 is 0. The van der Waals surface area contributed by atoms with E-state index in [2.05, 4.69) is 6.92 Å². The highest BCUT2D eigenvalue weighted by Gasteiger charge is 2.15. The molecular formula is C30H58O4. The number of ether oxygens (including phenoxy) is 1. The van der Waals surface area contributed by atoms with Crippen LogP contribution in [-0.4, -0.2) is 23.1 Å². The van der Waals surface area contributed by atoms with Crippen LogP contribution in [0.2, 0.25) is 0 Å². The van der Waals surface area contributed by atoms with Crippen molar-refractivity contribution in [1.29, 1.82) is 0 Å². The summed E-state index contributed by atoms with van der Waals surface area (Å²) in [6, 6.07) is 0. The van der Waals surface area contributed by atoms with Gasteiger partial charge in [0.1, 0.15) is 6.10 Å². The quantitative estimate of drug-likeness (QED) is 0.0934. The molecule has 0 aromatic carbocycles. The topological polar surface area (TPSA) is 63.6 Å². The highest BCUT2D eigenvalue weighted by molar-refractivity contribution is 5.71. The number of carbonyl (C=O) groups is 2. The molecule has 0 heterocycles. The van der Waals surface area contributed by atoms with Crippen molar-refractivity contribution in [2.24, 2.45) is 0 Å². The second-order valence-corrected chi connectivity index (χ2v) is 10.3. The number of carboxylic acid groups (broad SMARTS) is 1. The van der Waals surface area contributed by atoms with E-state index in [-0.39, 0.29) is 12.4 Å². The van der Waals surface area contributed by atoms with Crippen molar-refractivity contribution in [1.82, 2.24) is 0 Å². The van der Waals surface area contributed by atoms with Crippen LogP contribution in [0.4, 0.5) is 0 Å². The minimum atomic E-state index is -0.913. The Balaban J connectivity index is 3.21. The third-order valence-corrected chi connectivity index (χ3v) is 6.89. The molecule has 0 saturated carbocycles. The number of esters is 1. The molecule has 0 spiro atoms. The molecule has 0 amide bonds. The highest BCUT2D eigenvalue weighted by Crippen LogP contribution is 2.15. The Bertz CT molecular complexity index is 449. The Morgan fingerprint density at radius 2 is 0.882 bits per heavy atom. The number of carbonyl (C=O) groups excluding carboxylic acids is 1. The average Bonchev–Trinajstić information content (AvgIpc) is 2.81. The van der Waals surface area contributed by atoms with Gasteiger partial charge in [0.2, 0.25) is 0 Å². The van der Waals surface area contributed by atoms with Crippen molar-refractivity contribution in [3.63, 3.8) is 0 Å². The fraction of sp³-hybridized carbons (Fsp3) is 0.933. The van der Waals surface area contributed by atoms with Crippen LogP contribution in [0.15, 0.2) is 0 Å². The van der Waals surface area contributed by atoms with Gasteiger partial charge in [0, 0.05) is 6.42 Å². The van der Waals surface area contributed by atoms with Crippen LogP contribution in [0.3, 0.4) is 0 Å². The van der Waals surface area contributed by atoms with E-state index in [9.17, 15) is 9.59 Å². The van der Waals surface area contributed by atoms with Gasteiger partial charge in [-0.1, -0.05) is 149 Å². The van der Waals surface area contributed by atoms with E-state index in [1.165, 1.54) is 128 Å². The number of unbranched alkanes of at least 4 members (excludes halogenated alkanes) is 21. The predicted molar refractivity (Wildman–Crippen MR) is 144 cm³/mol. The first-order valence-corrected chi connectivity index (χ1v) is 15.0. The molecule has 1 unspecified atom stereocenters. The van der Waals surface area contributed by atoms with Gasteiger partial charge < -0.3 is 9.84 Å². The maximum absolute atomic E-state index is 11.8. The number of carboxylic acids is 1. The average molecular weight is 483 g/mol. The van der Waals surface area contributed by atoms with E-state index in [1.54, 1.807) is 0 Å². The first kappa shape index (κ1) is 32.9. The normalized spacial score (nSPS) is 12.1. The van der Waals surface area contributed by atoms with E-state index < -0.39 is 12.1 Å². The SMILES string of the molecule is CCCCCCCCCCCCCCCCCCCCCCCCC(=O)OC(CC)CC(=O)O. The third-order valence-electron chi connectivity index (χ3n) is 6.89. The summed E-state index contributed by atoms with van der Waals surface area (Å²) in [5, 5.41) is 8.80. The van der Waals surface area contributed by atoms with Gasteiger partial charge >= 0.3 is 11.9 Å². The van der Waals surface area contributed by atoms with Crippen molar-refractivity contribution >= 4 is 11.9 Å². The van der Waals surface area contributed by atoms with E-state index in [0.717, 1.165) is 12.8 Å². The van der Waals surface area contributed by atoms with Crippen molar-refractivity contribution in [3.05, 3.63) is 0 Å². The molecule has 0 aliphatic carbocycles. The molecule has 1 atom stereocenters. The van der Waals surface area contributed by atoms with Gasteiger partial charge in [-0.25, -0.2) is 0 Å². The largest absolute Gasteiger partial charge is 0.481 e. The lowest BCUT2D eigenvalue weighted by atomic mass is 10.0. The molecule has 0 radical (unpaired) electrons. The number of aliphatic carboxylic acids is 1. The molecule has 1 N–H and O–H groups in total. The molecule has 4 heteroatoms. The molecule has 0 fully saturated rings. The van der Waals surface area contributed by atoms with Crippen molar-refractivity contribution in [3.8, 4) is 0 Å². The lowest BCUT2D eigenvalue weighted by Crippen LogP contribution is -2.20. The lowest BCUT2D eigenvalue weighted by Gasteiger charge is -2.13. The van der Waals surface area contributed by atoms with E-state index >= 15 is 0 Å². The van der Waals surface area contributed by atoms with Crippen LogP contribution in [-0.2, 0) is 14.3 Å². The third kappa shape index (κ3) is 25.6. The summed E-state index contributed by atoms with van der Waals surface area (Å²) in [4.78, 5) is 22.5. The highest BCUT2D eigenvalue weighted by atomic mass is 16.5. The maximum Gasteiger partial charge on any atom is 0.307 e. The number of hydrogen-bond donors (Lipinski definition) is 1. The first-order chi connectivity index (χ1) is 16.6. The molecule has 0 saturated heterocycles. The standard InChI is InChI=1S/C30H58O4/c1-3-5-6-7-8-9-10-11-12-13-14-15-16-17-18-19-20-21-22-23-24-25-26-30(33)34-28(4-2)27-29(31)32/h28H,3-27H2,1-2H3,(H,31,32). The van der Waals surface area contributed by atoms with Crippen LogP contribution >= 0.6 is 0 Å². The summed E-state index contributed by atoms with van der Waals surface area (Å²) in [6.07, 6.45) is 30.2. The zero-order valence-corrected chi connectivity index (χ0v) is 22.9. The molecule has 4 nitrogen and oxygen atoms in total. The molecule has 0 aromatic heterocycles. The Kier molecular flexibility index (Phi) is 25.7. The summed E-state index contributed by atoms with van der Waals surface area (Å²) in [5.41, 5.74) is 0. The minimum absolute atomic E-state index is 0.0956. The van der Waals surface area contributed by atoms with Gasteiger partial charge in [-0.2, -0.15) is 0 Å². The monoisotopic (exact) mass is 482 g/mol. The summed E-state index contributed by atoms with van der Waals surface area (Å²) in [7, 11) is 0. The second-order valence-electron chi connectivity index (χ2n) is 10.3. The van der Waals surface area contributed by atoms with Gasteiger partial charge in [-0.3, -0.25) is 9.59 Å². The molecule has 0 aliphatic heterocycles. The van der Waals surface area contributed by atoms with E-state index in [0.29, 0.717) is 12.8 Å². The Hall–Kier alpha value is -1.06. The molecule has 0 bridgehead atoms. The Morgan fingerprint density at radius 3 is 1.18 bits per heavy atom. The molecule has 0 rings (SSSR count). The van der Waals surface area contributed by atoms with Crippen molar-refractivity contribution < 1.29 is 19.4 Å². The maximum atomic E-state index is 11.8. The van der Waals surface area contributed by atoms with Crippen LogP contribution in [0.25, 0.3) is 0 Å². The molecule has 0 aliphatic rings. The molecule has 34 heavy (non-hydrogen) atoms. The zero-order valence-electron chi connectivity index (χ0n) is 22.9. The summed E-state index contributed by atoms with van der Waals surface area (Å²) in [5.74, 6) is -1.16. The Labute approximate surface area is 212 Å². The lowest BCUT2D eigenvalue weighted by molar-refractivity contribution is -0.153. The number of hydrogen-bond acceptors (Lipinski definition) is 3. The van der Waals surface area contributed by atoms with Gasteiger partial charge in [-0.05, 0) is 12.8 Å². The zero-order chi connectivity index (χ0) is 25.1. The predicted octanol–water partition coefficient (Wildman–Crippen LogP) is 9.78. The fourth-order valence-corrected chi connectivity index (χ4v) is 4.59. The number of rotatable bonds is 27.